The molecule has 8 heteroatoms. The van der Waals surface area contributed by atoms with E-state index in [2.05, 4.69) is 5.32 Å². The summed E-state index contributed by atoms with van der Waals surface area (Å²) in [6.07, 6.45) is 0. The Bertz CT molecular complexity index is 1270. The summed E-state index contributed by atoms with van der Waals surface area (Å²) in [7, 11) is -2.90. The minimum absolute atomic E-state index is 0.0428. The second-order valence-electron chi connectivity index (χ2n) is 6.30. The average molecular weight is 398 g/mol. The molecule has 0 saturated carbocycles. The zero-order chi connectivity index (χ0) is 20.1. The molecule has 142 valence electrons. The van der Waals surface area contributed by atoms with Gasteiger partial charge in [0.1, 0.15) is 10.7 Å². The first-order chi connectivity index (χ1) is 13.3. The topological polar surface area (TPSA) is 86.7 Å². The number of hydrogen-bond donors (Lipinski definition) is 2. The van der Waals surface area contributed by atoms with E-state index < -0.39 is 33.2 Å². The van der Waals surface area contributed by atoms with E-state index in [-0.39, 0.29) is 16.1 Å². The predicted octanol–water partition coefficient (Wildman–Crippen LogP) is 3.48. The van der Waals surface area contributed by atoms with E-state index in [0.717, 1.165) is 10.4 Å². The molecule has 1 aliphatic rings. The number of aliphatic hydroxyl groups is 1. The minimum atomic E-state index is -4.09. The fraction of sp³-hybridized carbons (Fsp3) is 0.0500. The van der Waals surface area contributed by atoms with E-state index in [4.69, 9.17) is 0 Å². The van der Waals surface area contributed by atoms with Crippen molar-refractivity contribution in [3.63, 3.8) is 0 Å². The number of likely N-dealkylation sites (N-methyl/N-ethyl adjacent to an activating group) is 1. The van der Waals surface area contributed by atoms with Crippen LogP contribution in [0, 0.1) is 5.82 Å². The third-order valence-electron chi connectivity index (χ3n) is 4.59. The molecule has 0 fully saturated rings. The van der Waals surface area contributed by atoms with Crippen LogP contribution in [0.1, 0.15) is 5.56 Å². The number of benzene rings is 3. The summed E-state index contributed by atoms with van der Waals surface area (Å²) in [6.45, 7) is 0. The highest BCUT2D eigenvalue weighted by atomic mass is 32.2. The van der Waals surface area contributed by atoms with Crippen LogP contribution in [0.3, 0.4) is 0 Å². The number of fused-ring (bicyclic) bond motifs is 3. The highest BCUT2D eigenvalue weighted by Gasteiger charge is 2.39. The highest BCUT2D eigenvalue weighted by molar-refractivity contribution is 7.89. The third-order valence-corrected chi connectivity index (χ3v) is 6.45. The lowest BCUT2D eigenvalue weighted by atomic mass is 10.0. The van der Waals surface area contributed by atoms with Gasteiger partial charge in [-0.3, -0.25) is 9.10 Å². The Labute approximate surface area is 160 Å². The number of nitrogens with zero attached hydrogens (tertiary/aromatic N) is 1. The number of nitrogens with one attached hydrogen (secondary N) is 1. The van der Waals surface area contributed by atoms with Crippen molar-refractivity contribution in [2.75, 3.05) is 12.4 Å². The van der Waals surface area contributed by atoms with Gasteiger partial charge in [0.05, 0.1) is 0 Å². The number of aliphatic hydroxyl groups excluding tert-OH is 1. The quantitative estimate of drug-likeness (QED) is 0.692. The Kier molecular flexibility index (Phi) is 4.08. The summed E-state index contributed by atoms with van der Waals surface area (Å²) >= 11 is 0. The monoisotopic (exact) mass is 398 g/mol. The van der Waals surface area contributed by atoms with Crippen molar-refractivity contribution in [2.24, 2.45) is 0 Å². The van der Waals surface area contributed by atoms with Crippen LogP contribution >= 0.6 is 0 Å². The van der Waals surface area contributed by atoms with E-state index in [1.54, 1.807) is 30.3 Å². The van der Waals surface area contributed by atoms with E-state index in [1.807, 2.05) is 0 Å². The molecule has 3 aromatic rings. The molecular formula is C20H15FN2O4S. The van der Waals surface area contributed by atoms with Gasteiger partial charge < -0.3 is 10.4 Å². The summed E-state index contributed by atoms with van der Waals surface area (Å²) in [5.74, 6) is -1.89. The van der Waals surface area contributed by atoms with Gasteiger partial charge in [0.2, 0.25) is 0 Å². The first-order valence-electron chi connectivity index (χ1n) is 8.32. The Hall–Kier alpha value is -3.39. The van der Waals surface area contributed by atoms with Gasteiger partial charge in [0.15, 0.2) is 11.5 Å². The van der Waals surface area contributed by atoms with Crippen LogP contribution in [0.2, 0.25) is 0 Å². The number of sulfonamides is 1. The summed E-state index contributed by atoms with van der Waals surface area (Å²) in [4.78, 5) is 12.6. The van der Waals surface area contributed by atoms with Crippen molar-refractivity contribution in [1.82, 2.24) is 4.31 Å². The summed E-state index contributed by atoms with van der Waals surface area (Å²) in [5.41, 5.74) is -0.256. The maximum absolute atomic E-state index is 13.4. The maximum atomic E-state index is 13.4. The smallest absolute Gasteiger partial charge is 0.276 e. The van der Waals surface area contributed by atoms with Crippen molar-refractivity contribution in [3.8, 4) is 0 Å². The van der Waals surface area contributed by atoms with Crippen molar-refractivity contribution in [2.45, 2.75) is 4.90 Å². The number of halogens is 1. The van der Waals surface area contributed by atoms with Crippen LogP contribution in [-0.2, 0) is 14.8 Å². The molecule has 1 amide bonds. The van der Waals surface area contributed by atoms with Gasteiger partial charge in [-0.05, 0) is 29.7 Å². The Balaban J connectivity index is 1.89. The predicted molar refractivity (Wildman–Crippen MR) is 103 cm³/mol. The van der Waals surface area contributed by atoms with Gasteiger partial charge in [-0.2, -0.15) is 0 Å². The molecule has 0 aliphatic carbocycles. The number of anilines is 1. The lowest BCUT2D eigenvalue weighted by Crippen LogP contribution is -2.37. The van der Waals surface area contributed by atoms with Gasteiger partial charge in [0, 0.05) is 23.7 Å². The van der Waals surface area contributed by atoms with Crippen LogP contribution < -0.4 is 5.32 Å². The zero-order valence-corrected chi connectivity index (χ0v) is 15.5. The SMILES string of the molecule is CN1C(C(=O)Nc2cccc(F)c2)=C(O)c2ccc3ccccc3c2S1(=O)=O. The largest absolute Gasteiger partial charge is 0.505 e. The molecule has 1 aliphatic heterocycles. The van der Waals surface area contributed by atoms with Crippen molar-refractivity contribution < 1.29 is 22.7 Å². The maximum Gasteiger partial charge on any atom is 0.276 e. The fourth-order valence-electron chi connectivity index (χ4n) is 3.25. The van der Waals surface area contributed by atoms with Crippen LogP contribution in [0.4, 0.5) is 10.1 Å². The second kappa shape index (κ2) is 6.35. The number of carbonyl (C=O) groups is 1. The molecule has 3 aromatic carbocycles. The van der Waals surface area contributed by atoms with E-state index >= 15 is 0 Å². The first-order valence-corrected chi connectivity index (χ1v) is 9.76. The number of hydrogen-bond acceptors (Lipinski definition) is 4. The zero-order valence-electron chi connectivity index (χ0n) is 14.7. The minimum Gasteiger partial charge on any atom is -0.505 e. The fourth-order valence-corrected chi connectivity index (χ4v) is 4.84. The molecule has 0 radical (unpaired) electrons. The molecule has 2 N–H and O–H groups in total. The Morgan fingerprint density at radius 2 is 1.82 bits per heavy atom. The van der Waals surface area contributed by atoms with E-state index in [0.29, 0.717) is 10.8 Å². The van der Waals surface area contributed by atoms with Crippen LogP contribution in [0.25, 0.3) is 16.5 Å². The normalized spacial score (nSPS) is 15.4. The molecule has 0 unspecified atom stereocenters. The average Bonchev–Trinajstić information content (AvgIpc) is 2.66. The molecule has 4 rings (SSSR count). The Morgan fingerprint density at radius 3 is 2.57 bits per heavy atom. The molecule has 6 nitrogen and oxygen atoms in total. The molecule has 1 heterocycles. The molecule has 0 aromatic heterocycles. The molecular weight excluding hydrogens is 383 g/mol. The van der Waals surface area contributed by atoms with E-state index in [9.17, 15) is 22.7 Å². The number of amides is 1. The first kappa shape index (κ1) is 18.0. The third kappa shape index (κ3) is 2.69. The standard InChI is InChI=1S/C20H15FN2O4S/c1-23-17(20(25)22-14-7-4-6-13(21)11-14)18(24)16-10-9-12-5-2-3-8-15(12)19(16)28(23,26)27/h2-11,24H,1H3,(H,22,25). The molecule has 28 heavy (non-hydrogen) atoms. The van der Waals surface area contributed by atoms with Gasteiger partial charge in [0.25, 0.3) is 15.9 Å². The Morgan fingerprint density at radius 1 is 1.07 bits per heavy atom. The summed E-state index contributed by atoms with van der Waals surface area (Å²) in [6, 6.07) is 15.2. The van der Waals surface area contributed by atoms with Crippen LogP contribution in [0.15, 0.2) is 71.3 Å². The van der Waals surface area contributed by atoms with Crippen molar-refractivity contribution in [1.29, 1.82) is 0 Å². The van der Waals surface area contributed by atoms with Gasteiger partial charge in [-0.1, -0.05) is 36.4 Å². The number of carbonyl (C=O) groups excluding carboxylic acids is 1. The van der Waals surface area contributed by atoms with Crippen molar-refractivity contribution in [3.05, 3.63) is 77.7 Å². The number of rotatable bonds is 2. The van der Waals surface area contributed by atoms with Crippen LogP contribution in [-0.4, -0.2) is 30.8 Å². The van der Waals surface area contributed by atoms with Gasteiger partial charge in [-0.15, -0.1) is 0 Å². The van der Waals surface area contributed by atoms with Gasteiger partial charge >= 0.3 is 0 Å². The lowest BCUT2D eigenvalue weighted by Gasteiger charge is -2.29. The lowest BCUT2D eigenvalue weighted by molar-refractivity contribution is -0.113. The van der Waals surface area contributed by atoms with Crippen LogP contribution in [0.5, 0.6) is 0 Å². The van der Waals surface area contributed by atoms with E-state index in [1.165, 1.54) is 31.3 Å². The molecule has 0 bridgehead atoms. The molecule has 0 spiro atoms. The highest BCUT2D eigenvalue weighted by Crippen LogP contribution is 2.39. The molecule has 0 atom stereocenters. The molecule has 0 saturated heterocycles. The second-order valence-corrected chi connectivity index (χ2v) is 8.20. The summed E-state index contributed by atoms with van der Waals surface area (Å²) < 4.78 is 40.4. The summed E-state index contributed by atoms with van der Waals surface area (Å²) in [5, 5.41) is 14.3. The van der Waals surface area contributed by atoms with Gasteiger partial charge in [-0.25, -0.2) is 12.8 Å². The van der Waals surface area contributed by atoms with Crippen molar-refractivity contribution >= 4 is 38.1 Å².